The van der Waals surface area contributed by atoms with E-state index in [9.17, 15) is 9.59 Å². The van der Waals surface area contributed by atoms with Crippen LogP contribution >= 0.6 is 0 Å². The molecule has 25 heavy (non-hydrogen) atoms. The quantitative estimate of drug-likeness (QED) is 0.841. The van der Waals surface area contributed by atoms with E-state index in [1.807, 2.05) is 28.3 Å². The number of carbonyl (C=O) groups is 2. The van der Waals surface area contributed by atoms with Crippen molar-refractivity contribution in [1.82, 2.24) is 14.4 Å². The molecule has 2 amide bonds. The van der Waals surface area contributed by atoms with Crippen LogP contribution in [0, 0.1) is 0 Å². The van der Waals surface area contributed by atoms with Crippen molar-refractivity contribution in [2.45, 2.75) is 70.9 Å². The zero-order valence-electron chi connectivity index (χ0n) is 15.8. The first kappa shape index (κ1) is 18.0. The number of amides is 2. The molecular weight excluding hydrogens is 314 g/mol. The first-order valence-electron chi connectivity index (χ1n) is 9.63. The van der Waals surface area contributed by atoms with Gasteiger partial charge in [-0.3, -0.25) is 9.59 Å². The molecule has 0 radical (unpaired) electrons. The molecule has 0 unspecified atom stereocenters. The second kappa shape index (κ2) is 7.22. The Bertz CT molecular complexity index is 629. The number of likely N-dealkylation sites (tertiary alicyclic amines) is 2. The van der Waals surface area contributed by atoms with Crippen molar-refractivity contribution < 1.29 is 9.59 Å². The van der Waals surface area contributed by atoms with Crippen LogP contribution in [0.4, 0.5) is 0 Å². The Morgan fingerprint density at radius 1 is 1.20 bits per heavy atom. The topological polar surface area (TPSA) is 45.6 Å². The lowest BCUT2D eigenvalue weighted by molar-refractivity contribution is -0.127. The number of nitrogens with zero attached hydrogens (tertiary/aromatic N) is 3. The molecule has 1 atom stereocenters. The molecule has 2 aliphatic rings. The average Bonchev–Trinajstić information content (AvgIpc) is 3.21. The van der Waals surface area contributed by atoms with Crippen LogP contribution in [0.1, 0.15) is 69.7 Å². The summed E-state index contributed by atoms with van der Waals surface area (Å²) < 4.78 is 2.10. The molecule has 0 N–H and O–H groups in total. The van der Waals surface area contributed by atoms with Gasteiger partial charge in [0, 0.05) is 50.0 Å². The van der Waals surface area contributed by atoms with Gasteiger partial charge in [0.25, 0.3) is 5.91 Å². The van der Waals surface area contributed by atoms with Gasteiger partial charge in [0.15, 0.2) is 0 Å². The normalized spacial score (nSPS) is 21.9. The van der Waals surface area contributed by atoms with Crippen LogP contribution in [0.15, 0.2) is 18.5 Å². The smallest absolute Gasteiger partial charge is 0.255 e. The van der Waals surface area contributed by atoms with Crippen molar-refractivity contribution in [2.75, 3.05) is 19.6 Å². The van der Waals surface area contributed by atoms with E-state index in [2.05, 4.69) is 25.3 Å². The maximum Gasteiger partial charge on any atom is 0.255 e. The van der Waals surface area contributed by atoms with Gasteiger partial charge in [-0.05, 0) is 58.9 Å². The number of hydrogen-bond donors (Lipinski definition) is 0. The molecule has 5 heteroatoms. The maximum atomic E-state index is 13.0. The Morgan fingerprint density at radius 3 is 2.64 bits per heavy atom. The van der Waals surface area contributed by atoms with Crippen LogP contribution in [0.5, 0.6) is 0 Å². The van der Waals surface area contributed by atoms with Crippen molar-refractivity contribution >= 4 is 11.8 Å². The van der Waals surface area contributed by atoms with Crippen LogP contribution in [0.25, 0.3) is 0 Å². The Balaban J connectivity index is 1.66. The lowest BCUT2D eigenvalue weighted by Crippen LogP contribution is -2.45. The molecule has 0 saturated carbocycles. The number of piperidine rings is 1. The van der Waals surface area contributed by atoms with E-state index < -0.39 is 0 Å². The molecule has 1 aromatic heterocycles. The summed E-state index contributed by atoms with van der Waals surface area (Å²) in [5, 5.41) is 0. The maximum absolute atomic E-state index is 13.0. The lowest BCUT2D eigenvalue weighted by atomic mass is 9.98. The molecule has 0 aromatic carbocycles. The standard InChI is InChI=1S/C20H31N3O2/c1-20(2,3)22-14-9-16(15-22)19(25)23-12-5-4-7-17(23)10-13-21-11-6-8-18(21)24/h9,14-15,17H,4-8,10-13H2,1-3H3/t17-/m1/s1. The van der Waals surface area contributed by atoms with Gasteiger partial charge < -0.3 is 14.4 Å². The van der Waals surface area contributed by atoms with Crippen molar-refractivity contribution in [1.29, 1.82) is 0 Å². The summed E-state index contributed by atoms with van der Waals surface area (Å²) in [6.45, 7) is 8.91. The van der Waals surface area contributed by atoms with Gasteiger partial charge >= 0.3 is 0 Å². The Morgan fingerprint density at radius 2 is 2.00 bits per heavy atom. The highest BCUT2D eigenvalue weighted by Crippen LogP contribution is 2.24. The molecule has 1 aromatic rings. The van der Waals surface area contributed by atoms with Gasteiger partial charge in [-0.1, -0.05) is 0 Å². The monoisotopic (exact) mass is 345 g/mol. The fourth-order valence-corrected chi connectivity index (χ4v) is 3.92. The van der Waals surface area contributed by atoms with Gasteiger partial charge in [-0.2, -0.15) is 0 Å². The Labute approximate surface area is 151 Å². The summed E-state index contributed by atoms with van der Waals surface area (Å²) in [4.78, 5) is 28.9. The highest BCUT2D eigenvalue weighted by Gasteiger charge is 2.30. The SMILES string of the molecule is CC(C)(C)n1ccc(C(=O)N2CCCC[C@@H]2CCN2CCCC2=O)c1. The van der Waals surface area contributed by atoms with Crippen molar-refractivity contribution in [3.8, 4) is 0 Å². The third-order valence-corrected chi connectivity index (χ3v) is 5.51. The Kier molecular flexibility index (Phi) is 5.21. The molecule has 2 saturated heterocycles. The molecule has 5 nitrogen and oxygen atoms in total. The van der Waals surface area contributed by atoms with E-state index in [0.717, 1.165) is 50.9 Å². The van der Waals surface area contributed by atoms with Crippen LogP contribution < -0.4 is 0 Å². The predicted octanol–water partition coefficient (Wildman–Crippen LogP) is 3.25. The average molecular weight is 345 g/mol. The molecule has 0 bridgehead atoms. The number of rotatable bonds is 4. The fourth-order valence-electron chi connectivity index (χ4n) is 3.92. The third kappa shape index (κ3) is 4.07. The second-order valence-electron chi connectivity index (χ2n) is 8.40. The van der Waals surface area contributed by atoms with E-state index in [1.54, 1.807) is 0 Å². The fraction of sp³-hybridized carbons (Fsp3) is 0.700. The first-order valence-corrected chi connectivity index (χ1v) is 9.63. The third-order valence-electron chi connectivity index (χ3n) is 5.51. The minimum absolute atomic E-state index is 0.0179. The van der Waals surface area contributed by atoms with Crippen LogP contribution in [0.2, 0.25) is 0 Å². The van der Waals surface area contributed by atoms with E-state index in [0.29, 0.717) is 6.42 Å². The zero-order chi connectivity index (χ0) is 18.0. The Hall–Kier alpha value is -1.78. The highest BCUT2D eigenvalue weighted by atomic mass is 16.2. The molecule has 0 spiro atoms. The van der Waals surface area contributed by atoms with E-state index in [4.69, 9.17) is 0 Å². The van der Waals surface area contributed by atoms with Gasteiger partial charge in [0.1, 0.15) is 0 Å². The molecular formula is C20H31N3O2. The number of aromatic nitrogens is 1. The minimum atomic E-state index is -0.0179. The summed E-state index contributed by atoms with van der Waals surface area (Å²) >= 11 is 0. The van der Waals surface area contributed by atoms with E-state index >= 15 is 0 Å². The van der Waals surface area contributed by atoms with Gasteiger partial charge in [0.05, 0.1) is 5.56 Å². The van der Waals surface area contributed by atoms with Gasteiger partial charge in [-0.15, -0.1) is 0 Å². The summed E-state index contributed by atoms with van der Waals surface area (Å²) in [6.07, 6.45) is 9.83. The number of carbonyl (C=O) groups excluding carboxylic acids is 2. The predicted molar refractivity (Wildman–Crippen MR) is 98.5 cm³/mol. The molecule has 2 fully saturated rings. The lowest BCUT2D eigenvalue weighted by Gasteiger charge is -2.36. The van der Waals surface area contributed by atoms with E-state index in [1.165, 1.54) is 6.42 Å². The summed E-state index contributed by atoms with van der Waals surface area (Å²) in [6, 6.07) is 2.19. The second-order valence-corrected chi connectivity index (χ2v) is 8.40. The molecule has 3 rings (SSSR count). The molecule has 2 aliphatic heterocycles. The van der Waals surface area contributed by atoms with Crippen molar-refractivity contribution in [3.05, 3.63) is 24.0 Å². The van der Waals surface area contributed by atoms with E-state index in [-0.39, 0.29) is 23.4 Å². The van der Waals surface area contributed by atoms with Crippen LogP contribution in [0.3, 0.4) is 0 Å². The zero-order valence-corrected chi connectivity index (χ0v) is 15.8. The van der Waals surface area contributed by atoms with Crippen molar-refractivity contribution in [3.63, 3.8) is 0 Å². The van der Waals surface area contributed by atoms with Gasteiger partial charge in [0.2, 0.25) is 5.91 Å². The largest absolute Gasteiger partial charge is 0.348 e. The van der Waals surface area contributed by atoms with Crippen molar-refractivity contribution in [2.24, 2.45) is 0 Å². The molecule has 3 heterocycles. The van der Waals surface area contributed by atoms with Crippen LogP contribution in [-0.4, -0.2) is 51.9 Å². The van der Waals surface area contributed by atoms with Crippen LogP contribution in [-0.2, 0) is 10.3 Å². The first-order chi connectivity index (χ1) is 11.9. The molecule has 138 valence electrons. The molecule has 0 aliphatic carbocycles. The summed E-state index contributed by atoms with van der Waals surface area (Å²) in [5.41, 5.74) is 0.759. The number of hydrogen-bond acceptors (Lipinski definition) is 2. The minimum Gasteiger partial charge on any atom is -0.348 e. The highest BCUT2D eigenvalue weighted by molar-refractivity contribution is 5.94. The van der Waals surface area contributed by atoms with Gasteiger partial charge in [-0.25, -0.2) is 0 Å². The summed E-state index contributed by atoms with van der Waals surface area (Å²) in [7, 11) is 0. The summed E-state index contributed by atoms with van der Waals surface area (Å²) in [5.74, 6) is 0.413.